The molecule has 2 amide bonds. The minimum atomic E-state index is -0.398. The van der Waals surface area contributed by atoms with E-state index in [4.69, 9.17) is 4.84 Å². The summed E-state index contributed by atoms with van der Waals surface area (Å²) < 4.78 is 14.2. The van der Waals surface area contributed by atoms with Gasteiger partial charge in [-0.2, -0.15) is 0 Å². The van der Waals surface area contributed by atoms with Crippen LogP contribution in [0.15, 0.2) is 53.7 Å². The van der Waals surface area contributed by atoms with Gasteiger partial charge in [-0.05, 0) is 39.3 Å². The molecular formula is C23H28FN3O2. The fourth-order valence-electron chi connectivity index (χ4n) is 3.14. The summed E-state index contributed by atoms with van der Waals surface area (Å²) in [5.41, 5.74) is 3.12. The van der Waals surface area contributed by atoms with Crippen molar-refractivity contribution in [2.75, 3.05) is 6.54 Å². The molecule has 3 rings (SSSR count). The van der Waals surface area contributed by atoms with Gasteiger partial charge in [-0.3, -0.25) is 0 Å². The van der Waals surface area contributed by atoms with Gasteiger partial charge in [0, 0.05) is 17.5 Å². The molecule has 1 heterocycles. The van der Waals surface area contributed by atoms with Gasteiger partial charge in [-0.25, -0.2) is 9.18 Å². The third-order valence-electron chi connectivity index (χ3n) is 4.63. The van der Waals surface area contributed by atoms with Gasteiger partial charge in [0.1, 0.15) is 5.82 Å². The molecule has 5 nitrogen and oxygen atoms in total. The molecule has 0 saturated heterocycles. The van der Waals surface area contributed by atoms with Crippen molar-refractivity contribution in [3.63, 3.8) is 0 Å². The molecule has 0 unspecified atom stereocenters. The number of halogens is 1. The van der Waals surface area contributed by atoms with Crippen molar-refractivity contribution in [2.24, 2.45) is 5.16 Å². The van der Waals surface area contributed by atoms with E-state index in [-0.39, 0.29) is 24.5 Å². The molecule has 0 spiro atoms. The molecule has 6 heteroatoms. The lowest BCUT2D eigenvalue weighted by Crippen LogP contribution is -2.50. The highest BCUT2D eigenvalue weighted by atomic mass is 19.1. The molecule has 2 aromatic rings. The standard InChI is InChI=1S/C23H28FN3O2/c1-16-9-11-17(12-10-16)21-13-19(29-26-21)15-27(22(28)25-23(2,3)4)14-18-7-5-6-8-20(18)24/h5-12,19H,13-15H2,1-4H3,(H,25,28)/t19-/m1/s1. The lowest BCUT2D eigenvalue weighted by molar-refractivity contribution is 0.0578. The van der Waals surface area contributed by atoms with E-state index in [0.29, 0.717) is 18.5 Å². The third-order valence-corrected chi connectivity index (χ3v) is 4.63. The summed E-state index contributed by atoms with van der Waals surface area (Å²) in [5, 5.41) is 7.17. The third kappa shape index (κ3) is 5.79. The molecule has 154 valence electrons. The number of rotatable bonds is 5. The zero-order valence-corrected chi connectivity index (χ0v) is 17.4. The number of urea groups is 1. The first kappa shape index (κ1) is 20.8. The van der Waals surface area contributed by atoms with Crippen LogP contribution in [0.4, 0.5) is 9.18 Å². The van der Waals surface area contributed by atoms with Gasteiger partial charge in [-0.15, -0.1) is 0 Å². The maximum Gasteiger partial charge on any atom is 0.318 e. The first-order valence-corrected chi connectivity index (χ1v) is 9.81. The number of benzene rings is 2. The quantitative estimate of drug-likeness (QED) is 0.799. The Morgan fingerprint density at radius 1 is 1.21 bits per heavy atom. The monoisotopic (exact) mass is 397 g/mol. The van der Waals surface area contributed by atoms with Gasteiger partial charge in [0.2, 0.25) is 0 Å². The number of hydrogen-bond donors (Lipinski definition) is 1. The summed E-state index contributed by atoms with van der Waals surface area (Å²) in [4.78, 5) is 20.0. The van der Waals surface area contributed by atoms with Gasteiger partial charge >= 0.3 is 6.03 Å². The summed E-state index contributed by atoms with van der Waals surface area (Å²) in [6, 6.07) is 14.3. The van der Waals surface area contributed by atoms with E-state index in [1.807, 2.05) is 52.0 Å². The molecule has 1 atom stereocenters. The maximum atomic E-state index is 14.2. The van der Waals surface area contributed by atoms with Crippen molar-refractivity contribution < 1.29 is 14.0 Å². The van der Waals surface area contributed by atoms with E-state index >= 15 is 0 Å². The zero-order chi connectivity index (χ0) is 21.0. The highest BCUT2D eigenvalue weighted by Crippen LogP contribution is 2.20. The number of amides is 2. The zero-order valence-electron chi connectivity index (χ0n) is 17.4. The Morgan fingerprint density at radius 3 is 2.55 bits per heavy atom. The fraction of sp³-hybridized carbons (Fsp3) is 0.391. The number of hydrogen-bond acceptors (Lipinski definition) is 3. The summed E-state index contributed by atoms with van der Waals surface area (Å²) in [6.07, 6.45) is 0.323. The Hall–Kier alpha value is -2.89. The van der Waals surface area contributed by atoms with E-state index in [2.05, 4.69) is 10.5 Å². The van der Waals surface area contributed by atoms with Crippen LogP contribution in [0.2, 0.25) is 0 Å². The Labute approximate surface area is 171 Å². The summed E-state index contributed by atoms with van der Waals surface area (Å²) in [7, 11) is 0. The number of aryl methyl sites for hydroxylation is 1. The largest absolute Gasteiger partial charge is 0.390 e. The normalized spacial score (nSPS) is 16.2. The van der Waals surface area contributed by atoms with E-state index in [1.165, 1.54) is 11.6 Å². The summed E-state index contributed by atoms with van der Waals surface area (Å²) >= 11 is 0. The highest BCUT2D eigenvalue weighted by Gasteiger charge is 2.28. The first-order valence-electron chi connectivity index (χ1n) is 9.81. The van der Waals surface area contributed by atoms with Crippen LogP contribution < -0.4 is 5.32 Å². The van der Waals surface area contributed by atoms with Gasteiger partial charge in [0.25, 0.3) is 0 Å². The fourth-order valence-corrected chi connectivity index (χ4v) is 3.14. The van der Waals surface area contributed by atoms with Crippen LogP contribution in [0, 0.1) is 12.7 Å². The lowest BCUT2D eigenvalue weighted by Gasteiger charge is -2.29. The number of nitrogens with zero attached hydrogens (tertiary/aromatic N) is 2. The molecule has 0 saturated carbocycles. The molecule has 2 aromatic carbocycles. The SMILES string of the molecule is Cc1ccc(C2=NO[C@@H](CN(Cc3ccccc3F)C(=O)NC(C)(C)C)C2)cc1. The second-order valence-electron chi connectivity index (χ2n) is 8.49. The predicted molar refractivity (Wildman–Crippen MR) is 112 cm³/mol. The van der Waals surface area contributed by atoms with Crippen LogP contribution >= 0.6 is 0 Å². The van der Waals surface area contributed by atoms with E-state index in [1.54, 1.807) is 23.1 Å². The van der Waals surface area contributed by atoms with Crippen molar-refractivity contribution in [1.29, 1.82) is 0 Å². The molecule has 0 aromatic heterocycles. The number of carbonyl (C=O) groups is 1. The van der Waals surface area contributed by atoms with E-state index in [0.717, 1.165) is 11.3 Å². The minimum Gasteiger partial charge on any atom is -0.390 e. The van der Waals surface area contributed by atoms with Crippen LogP contribution in [0.3, 0.4) is 0 Å². The Balaban J connectivity index is 1.71. The van der Waals surface area contributed by atoms with Crippen LogP contribution in [-0.4, -0.2) is 34.8 Å². The van der Waals surface area contributed by atoms with Crippen molar-refractivity contribution >= 4 is 11.7 Å². The average molecular weight is 397 g/mol. The molecule has 0 fully saturated rings. The molecule has 1 aliphatic heterocycles. The van der Waals surface area contributed by atoms with Crippen LogP contribution in [0.1, 0.15) is 43.9 Å². The molecule has 0 radical (unpaired) electrons. The molecule has 1 aliphatic rings. The van der Waals surface area contributed by atoms with Crippen LogP contribution in [-0.2, 0) is 11.4 Å². The molecule has 0 aliphatic carbocycles. The minimum absolute atomic E-state index is 0.161. The van der Waals surface area contributed by atoms with Gasteiger partial charge in [-0.1, -0.05) is 53.2 Å². The van der Waals surface area contributed by atoms with Crippen molar-refractivity contribution in [3.8, 4) is 0 Å². The second kappa shape index (κ2) is 8.64. The van der Waals surface area contributed by atoms with E-state index < -0.39 is 5.54 Å². The first-order chi connectivity index (χ1) is 13.7. The van der Waals surface area contributed by atoms with Crippen LogP contribution in [0.25, 0.3) is 0 Å². The van der Waals surface area contributed by atoms with Crippen LogP contribution in [0.5, 0.6) is 0 Å². The highest BCUT2D eigenvalue weighted by molar-refractivity contribution is 6.01. The second-order valence-corrected chi connectivity index (χ2v) is 8.49. The number of oxime groups is 1. The van der Waals surface area contributed by atoms with E-state index in [9.17, 15) is 9.18 Å². The van der Waals surface area contributed by atoms with Gasteiger partial charge in [0.15, 0.2) is 6.10 Å². The van der Waals surface area contributed by atoms with Crippen molar-refractivity contribution in [2.45, 2.75) is 52.3 Å². The van der Waals surface area contributed by atoms with Gasteiger partial charge in [0.05, 0.1) is 18.8 Å². The summed E-state index contributed by atoms with van der Waals surface area (Å²) in [5.74, 6) is -0.329. The van der Waals surface area contributed by atoms with Crippen molar-refractivity contribution in [3.05, 3.63) is 71.0 Å². The Morgan fingerprint density at radius 2 is 1.90 bits per heavy atom. The molecule has 1 N–H and O–H groups in total. The predicted octanol–water partition coefficient (Wildman–Crippen LogP) is 4.64. The number of carbonyl (C=O) groups excluding carboxylic acids is 1. The Bertz CT molecular complexity index is 888. The van der Waals surface area contributed by atoms with Gasteiger partial charge < -0.3 is 15.1 Å². The molecule has 0 bridgehead atoms. The maximum absolute atomic E-state index is 14.2. The summed E-state index contributed by atoms with van der Waals surface area (Å²) in [6.45, 7) is 8.25. The topological polar surface area (TPSA) is 53.9 Å². The van der Waals surface area contributed by atoms with Crippen molar-refractivity contribution in [1.82, 2.24) is 10.2 Å². The Kier molecular flexibility index (Phi) is 6.20. The average Bonchev–Trinajstić information content (AvgIpc) is 3.10. The molecular weight excluding hydrogens is 369 g/mol. The molecule has 29 heavy (non-hydrogen) atoms. The number of nitrogens with one attached hydrogen (secondary N) is 1. The lowest BCUT2D eigenvalue weighted by atomic mass is 10.0. The smallest absolute Gasteiger partial charge is 0.318 e.